The third-order valence-electron chi connectivity index (χ3n) is 4.74. The molecule has 132 valence electrons. The number of nitrogens with zero attached hydrogens (tertiary/aromatic N) is 1. The molecule has 0 radical (unpaired) electrons. The van der Waals surface area contributed by atoms with Crippen molar-refractivity contribution in [2.24, 2.45) is 11.8 Å². The van der Waals surface area contributed by atoms with Gasteiger partial charge in [-0.05, 0) is 50.6 Å². The number of aliphatic carboxylic acids is 1. The molecule has 0 aliphatic rings. The molecule has 0 aliphatic heterocycles. The first-order valence-corrected chi connectivity index (χ1v) is 9.49. The van der Waals surface area contributed by atoms with Crippen LogP contribution in [0.2, 0.25) is 0 Å². The molecule has 0 heterocycles. The number of hydrogen-bond acceptors (Lipinski definition) is 2. The standard InChI is InChI=1S/C19H39NO2/c1-5-14-20(15-6-2)16-18(17(4)7-3)12-10-8-9-11-13-19(21)22/h17-18H,5-16H2,1-4H3,(H,21,22). The van der Waals surface area contributed by atoms with Crippen LogP contribution in [0.15, 0.2) is 0 Å². The van der Waals surface area contributed by atoms with E-state index in [0.29, 0.717) is 6.42 Å². The highest BCUT2D eigenvalue weighted by Crippen LogP contribution is 2.23. The fraction of sp³-hybridized carbons (Fsp3) is 0.947. The second-order valence-electron chi connectivity index (χ2n) is 6.79. The number of hydrogen-bond donors (Lipinski definition) is 1. The summed E-state index contributed by atoms with van der Waals surface area (Å²) in [7, 11) is 0. The average Bonchev–Trinajstić information content (AvgIpc) is 2.48. The molecule has 0 aromatic rings. The van der Waals surface area contributed by atoms with E-state index in [4.69, 9.17) is 5.11 Å². The van der Waals surface area contributed by atoms with Gasteiger partial charge in [-0.1, -0.05) is 53.4 Å². The van der Waals surface area contributed by atoms with E-state index in [9.17, 15) is 4.79 Å². The lowest BCUT2D eigenvalue weighted by molar-refractivity contribution is -0.137. The van der Waals surface area contributed by atoms with E-state index < -0.39 is 5.97 Å². The molecule has 0 spiro atoms. The molecule has 0 saturated carbocycles. The Kier molecular flexibility index (Phi) is 13.7. The molecule has 0 rings (SSSR count). The van der Waals surface area contributed by atoms with E-state index in [1.54, 1.807) is 0 Å². The molecule has 0 aromatic heterocycles. The zero-order chi connectivity index (χ0) is 16.8. The minimum atomic E-state index is -0.660. The second kappa shape index (κ2) is 14.0. The molecule has 0 aliphatic carbocycles. The lowest BCUT2D eigenvalue weighted by atomic mass is 9.86. The molecule has 0 saturated heterocycles. The van der Waals surface area contributed by atoms with Gasteiger partial charge in [-0.3, -0.25) is 4.79 Å². The summed E-state index contributed by atoms with van der Waals surface area (Å²) in [5.41, 5.74) is 0. The van der Waals surface area contributed by atoms with E-state index in [1.165, 1.54) is 58.2 Å². The quantitative estimate of drug-likeness (QED) is 0.423. The first-order chi connectivity index (χ1) is 10.5. The SMILES string of the molecule is CCCN(CCC)CC(CCCCCCC(=O)O)C(C)CC. The predicted molar refractivity (Wildman–Crippen MR) is 95.3 cm³/mol. The van der Waals surface area contributed by atoms with Crippen LogP contribution < -0.4 is 0 Å². The highest BCUT2D eigenvalue weighted by Gasteiger charge is 2.18. The van der Waals surface area contributed by atoms with E-state index in [0.717, 1.165) is 24.7 Å². The summed E-state index contributed by atoms with van der Waals surface area (Å²) in [6, 6.07) is 0. The van der Waals surface area contributed by atoms with Gasteiger partial charge in [0, 0.05) is 13.0 Å². The molecule has 1 N–H and O–H groups in total. The van der Waals surface area contributed by atoms with Gasteiger partial charge in [-0.2, -0.15) is 0 Å². The predicted octanol–water partition coefficient (Wildman–Crippen LogP) is 5.20. The van der Waals surface area contributed by atoms with Crippen molar-refractivity contribution in [3.63, 3.8) is 0 Å². The maximum Gasteiger partial charge on any atom is 0.303 e. The van der Waals surface area contributed by atoms with Crippen molar-refractivity contribution in [1.29, 1.82) is 0 Å². The normalized spacial score (nSPS) is 14.2. The van der Waals surface area contributed by atoms with Crippen LogP contribution in [-0.2, 0) is 4.79 Å². The van der Waals surface area contributed by atoms with Gasteiger partial charge in [0.1, 0.15) is 0 Å². The maximum atomic E-state index is 10.5. The van der Waals surface area contributed by atoms with Crippen molar-refractivity contribution in [1.82, 2.24) is 4.90 Å². The van der Waals surface area contributed by atoms with Gasteiger partial charge in [0.25, 0.3) is 0 Å². The molecule has 3 nitrogen and oxygen atoms in total. The van der Waals surface area contributed by atoms with Gasteiger partial charge >= 0.3 is 5.97 Å². The van der Waals surface area contributed by atoms with Gasteiger partial charge in [0.15, 0.2) is 0 Å². The Balaban J connectivity index is 4.13. The Morgan fingerprint density at radius 1 is 1.00 bits per heavy atom. The maximum absolute atomic E-state index is 10.5. The van der Waals surface area contributed by atoms with Gasteiger partial charge < -0.3 is 10.0 Å². The van der Waals surface area contributed by atoms with Crippen LogP contribution in [0.5, 0.6) is 0 Å². The van der Waals surface area contributed by atoms with Gasteiger partial charge in [0.05, 0.1) is 0 Å². The fourth-order valence-electron chi connectivity index (χ4n) is 3.18. The summed E-state index contributed by atoms with van der Waals surface area (Å²) in [4.78, 5) is 13.1. The zero-order valence-corrected chi connectivity index (χ0v) is 15.4. The Hall–Kier alpha value is -0.570. The average molecular weight is 314 g/mol. The Morgan fingerprint density at radius 2 is 1.59 bits per heavy atom. The molecule has 0 amide bonds. The van der Waals surface area contributed by atoms with Crippen LogP contribution >= 0.6 is 0 Å². The summed E-state index contributed by atoms with van der Waals surface area (Å²) in [5.74, 6) is 0.921. The topological polar surface area (TPSA) is 40.5 Å². The number of rotatable bonds is 15. The summed E-state index contributed by atoms with van der Waals surface area (Å²) in [6.45, 7) is 12.9. The third kappa shape index (κ3) is 11.1. The van der Waals surface area contributed by atoms with Crippen LogP contribution in [0.1, 0.15) is 85.5 Å². The molecule has 3 heteroatoms. The Morgan fingerprint density at radius 3 is 2.09 bits per heavy atom. The number of carboxylic acid groups (broad SMARTS) is 1. The molecule has 0 aromatic carbocycles. The molecular weight excluding hydrogens is 274 g/mol. The highest BCUT2D eigenvalue weighted by molar-refractivity contribution is 5.66. The van der Waals surface area contributed by atoms with Crippen LogP contribution in [0, 0.1) is 11.8 Å². The summed E-state index contributed by atoms with van der Waals surface area (Å²) in [5, 5.41) is 8.66. The minimum Gasteiger partial charge on any atom is -0.481 e. The van der Waals surface area contributed by atoms with Crippen molar-refractivity contribution < 1.29 is 9.90 Å². The summed E-state index contributed by atoms with van der Waals surface area (Å²) >= 11 is 0. The minimum absolute atomic E-state index is 0.329. The first-order valence-electron chi connectivity index (χ1n) is 9.49. The first kappa shape index (κ1) is 21.4. The van der Waals surface area contributed by atoms with Crippen LogP contribution in [-0.4, -0.2) is 35.6 Å². The lowest BCUT2D eigenvalue weighted by Crippen LogP contribution is -2.33. The Labute approximate surface area is 138 Å². The van der Waals surface area contributed by atoms with E-state index in [2.05, 4.69) is 32.6 Å². The molecular formula is C19H39NO2. The molecule has 2 atom stereocenters. The zero-order valence-electron chi connectivity index (χ0n) is 15.4. The van der Waals surface area contributed by atoms with Crippen LogP contribution in [0.25, 0.3) is 0 Å². The third-order valence-corrected chi connectivity index (χ3v) is 4.74. The second-order valence-corrected chi connectivity index (χ2v) is 6.79. The number of carbonyl (C=O) groups is 1. The van der Waals surface area contributed by atoms with Gasteiger partial charge in [-0.15, -0.1) is 0 Å². The van der Waals surface area contributed by atoms with E-state index >= 15 is 0 Å². The van der Waals surface area contributed by atoms with Gasteiger partial charge in [-0.25, -0.2) is 0 Å². The van der Waals surface area contributed by atoms with Crippen molar-refractivity contribution in [3.8, 4) is 0 Å². The summed E-state index contributed by atoms with van der Waals surface area (Å²) < 4.78 is 0. The van der Waals surface area contributed by atoms with Crippen molar-refractivity contribution in [2.45, 2.75) is 85.5 Å². The van der Waals surface area contributed by atoms with E-state index in [-0.39, 0.29) is 0 Å². The van der Waals surface area contributed by atoms with Crippen LogP contribution in [0.4, 0.5) is 0 Å². The van der Waals surface area contributed by atoms with Crippen LogP contribution in [0.3, 0.4) is 0 Å². The van der Waals surface area contributed by atoms with Gasteiger partial charge in [0.2, 0.25) is 0 Å². The van der Waals surface area contributed by atoms with Crippen molar-refractivity contribution >= 4 is 5.97 Å². The largest absolute Gasteiger partial charge is 0.481 e. The van der Waals surface area contributed by atoms with Crippen molar-refractivity contribution in [2.75, 3.05) is 19.6 Å². The number of unbranched alkanes of at least 4 members (excludes halogenated alkanes) is 3. The molecule has 22 heavy (non-hydrogen) atoms. The van der Waals surface area contributed by atoms with E-state index in [1.807, 2.05) is 0 Å². The molecule has 0 bridgehead atoms. The smallest absolute Gasteiger partial charge is 0.303 e. The summed E-state index contributed by atoms with van der Waals surface area (Å²) in [6.07, 6.45) is 9.69. The molecule has 2 unspecified atom stereocenters. The fourth-order valence-corrected chi connectivity index (χ4v) is 3.18. The van der Waals surface area contributed by atoms with Crippen molar-refractivity contribution in [3.05, 3.63) is 0 Å². The highest BCUT2D eigenvalue weighted by atomic mass is 16.4. The Bertz CT molecular complexity index is 262. The monoisotopic (exact) mass is 313 g/mol. The molecule has 0 fully saturated rings. The number of carboxylic acids is 1. The lowest BCUT2D eigenvalue weighted by Gasteiger charge is -2.30.